The van der Waals surface area contributed by atoms with E-state index >= 15 is 0 Å². The van der Waals surface area contributed by atoms with Crippen molar-refractivity contribution in [3.05, 3.63) is 99.0 Å². The minimum Gasteiger partial charge on any atom is -0.274 e. The van der Waals surface area contributed by atoms with Gasteiger partial charge in [-0.15, -0.1) is 0 Å². The van der Waals surface area contributed by atoms with Gasteiger partial charge in [0.25, 0.3) is 0 Å². The molecule has 0 N–H and O–H groups in total. The lowest BCUT2D eigenvalue weighted by molar-refractivity contribution is -0.123. The lowest BCUT2D eigenvalue weighted by Crippen LogP contribution is -2.53. The molecule has 0 spiro atoms. The zero-order chi connectivity index (χ0) is 21.5. The third kappa shape index (κ3) is 2.19. The number of carbonyl (C=O) groups excluding carboxylic acids is 2. The summed E-state index contributed by atoms with van der Waals surface area (Å²) in [6.45, 7) is 4.15. The van der Waals surface area contributed by atoms with E-state index in [1.54, 1.807) is 0 Å². The van der Waals surface area contributed by atoms with Gasteiger partial charge in [0.1, 0.15) is 0 Å². The van der Waals surface area contributed by atoms with Gasteiger partial charge in [-0.3, -0.25) is 9.59 Å². The summed E-state index contributed by atoms with van der Waals surface area (Å²) < 4.78 is 0.903. The highest BCUT2D eigenvalue weighted by Gasteiger charge is 2.67. The molecule has 3 nitrogen and oxygen atoms in total. The van der Waals surface area contributed by atoms with Gasteiger partial charge in [0.15, 0.2) is 0 Å². The van der Waals surface area contributed by atoms with Crippen molar-refractivity contribution < 1.29 is 9.59 Å². The summed E-state index contributed by atoms with van der Waals surface area (Å²) in [6.07, 6.45) is 0.777. The van der Waals surface area contributed by atoms with Crippen LogP contribution in [-0.4, -0.2) is 11.8 Å². The van der Waals surface area contributed by atoms with Crippen LogP contribution in [0.1, 0.15) is 47.1 Å². The van der Waals surface area contributed by atoms with Crippen molar-refractivity contribution in [3.63, 3.8) is 0 Å². The number of benzene rings is 3. The fourth-order valence-electron chi connectivity index (χ4n) is 6.50. The summed E-state index contributed by atoms with van der Waals surface area (Å²) in [5, 5.41) is 0. The van der Waals surface area contributed by atoms with Gasteiger partial charge in [-0.2, -0.15) is 0 Å². The molecule has 31 heavy (non-hydrogen) atoms. The Morgan fingerprint density at radius 1 is 0.903 bits per heavy atom. The van der Waals surface area contributed by atoms with Gasteiger partial charge in [-0.05, 0) is 53.3 Å². The van der Waals surface area contributed by atoms with E-state index in [1.807, 2.05) is 25.1 Å². The third-order valence-electron chi connectivity index (χ3n) is 7.77. The molecule has 4 aliphatic rings. The zero-order valence-corrected chi connectivity index (χ0v) is 19.0. The molecule has 3 aromatic carbocycles. The summed E-state index contributed by atoms with van der Waals surface area (Å²) in [7, 11) is 0. The third-order valence-corrected chi connectivity index (χ3v) is 8.62. The highest BCUT2D eigenvalue weighted by atomic mass is 79.9. The van der Waals surface area contributed by atoms with Crippen molar-refractivity contribution >= 4 is 33.4 Å². The predicted molar refractivity (Wildman–Crippen MR) is 124 cm³/mol. The number of imide groups is 1. The van der Waals surface area contributed by atoms with Gasteiger partial charge in [0.2, 0.25) is 11.8 Å². The van der Waals surface area contributed by atoms with Crippen LogP contribution in [0.15, 0.2) is 71.2 Å². The summed E-state index contributed by atoms with van der Waals surface area (Å²) in [4.78, 5) is 29.4. The number of aryl methyl sites for hydroxylation is 1. The van der Waals surface area contributed by atoms with E-state index in [-0.39, 0.29) is 29.6 Å². The van der Waals surface area contributed by atoms with Crippen LogP contribution in [0.4, 0.5) is 5.69 Å². The van der Waals surface area contributed by atoms with Crippen LogP contribution in [0.2, 0.25) is 0 Å². The Bertz CT molecular complexity index is 1230. The fraction of sp³-hybridized carbons (Fsp3) is 0.259. The average molecular weight is 472 g/mol. The Hall–Kier alpha value is -2.72. The minimum atomic E-state index is -0.476. The largest absolute Gasteiger partial charge is 0.274 e. The van der Waals surface area contributed by atoms with Crippen LogP contribution in [0, 0.1) is 18.8 Å². The van der Waals surface area contributed by atoms with E-state index in [0.29, 0.717) is 5.69 Å². The molecule has 1 aliphatic heterocycles. The monoisotopic (exact) mass is 471 g/mol. The van der Waals surface area contributed by atoms with Crippen LogP contribution in [0.3, 0.4) is 0 Å². The molecule has 2 atom stereocenters. The molecule has 7 rings (SSSR count). The van der Waals surface area contributed by atoms with E-state index in [2.05, 4.69) is 71.4 Å². The fourth-order valence-corrected chi connectivity index (χ4v) is 6.87. The molecule has 1 saturated heterocycles. The number of anilines is 1. The first kappa shape index (κ1) is 19.0. The Balaban J connectivity index is 1.62. The quantitative estimate of drug-likeness (QED) is 0.448. The molecular weight excluding hydrogens is 450 g/mol. The van der Waals surface area contributed by atoms with E-state index < -0.39 is 5.41 Å². The molecular formula is C27H22BrNO2. The SMILES string of the molecule is CCC12c3ccccc3C(c3ccccc31)[C@H]1C(=O)N(c3ccc(C)c(Br)c3)C(=O)[C@H]12. The van der Waals surface area contributed by atoms with Gasteiger partial charge in [0, 0.05) is 15.8 Å². The number of nitrogens with zero attached hydrogens (tertiary/aromatic N) is 1. The van der Waals surface area contributed by atoms with Crippen molar-refractivity contribution in [2.24, 2.45) is 11.8 Å². The van der Waals surface area contributed by atoms with Crippen LogP contribution in [-0.2, 0) is 15.0 Å². The second-order valence-corrected chi connectivity index (χ2v) is 9.78. The lowest BCUT2D eigenvalue weighted by atomic mass is 9.46. The van der Waals surface area contributed by atoms with Gasteiger partial charge in [-0.25, -0.2) is 4.90 Å². The topological polar surface area (TPSA) is 37.4 Å². The highest BCUT2D eigenvalue weighted by molar-refractivity contribution is 9.10. The highest BCUT2D eigenvalue weighted by Crippen LogP contribution is 2.65. The number of hydrogen-bond acceptors (Lipinski definition) is 2. The maximum atomic E-state index is 14.0. The number of halogens is 1. The van der Waals surface area contributed by atoms with Gasteiger partial charge < -0.3 is 0 Å². The summed E-state index contributed by atoms with van der Waals surface area (Å²) in [5.74, 6) is -0.961. The number of amides is 2. The maximum absolute atomic E-state index is 14.0. The second kappa shape index (κ2) is 6.39. The first-order chi connectivity index (χ1) is 15.0. The molecule has 0 unspecified atom stereocenters. The molecule has 2 amide bonds. The first-order valence-electron chi connectivity index (χ1n) is 10.8. The predicted octanol–water partition coefficient (Wildman–Crippen LogP) is 5.72. The Kier molecular flexibility index (Phi) is 3.92. The Morgan fingerprint density at radius 3 is 2.10 bits per heavy atom. The number of rotatable bonds is 2. The molecule has 0 aromatic heterocycles. The Labute approximate surface area is 190 Å². The van der Waals surface area contributed by atoms with Crippen molar-refractivity contribution in [2.75, 3.05) is 4.90 Å². The molecule has 0 saturated carbocycles. The van der Waals surface area contributed by atoms with Gasteiger partial charge in [-0.1, -0.05) is 77.5 Å². The summed E-state index contributed by atoms with van der Waals surface area (Å²) in [6, 6.07) is 22.6. The first-order valence-corrected chi connectivity index (χ1v) is 11.6. The lowest BCUT2D eigenvalue weighted by Gasteiger charge is -2.54. The van der Waals surface area contributed by atoms with Crippen LogP contribution >= 0.6 is 15.9 Å². The smallest absolute Gasteiger partial charge is 0.238 e. The summed E-state index contributed by atoms with van der Waals surface area (Å²) >= 11 is 3.57. The van der Waals surface area contributed by atoms with Crippen molar-refractivity contribution in [3.8, 4) is 0 Å². The normalized spacial score (nSPS) is 27.8. The van der Waals surface area contributed by atoms with Gasteiger partial charge in [0.05, 0.1) is 17.5 Å². The molecule has 0 radical (unpaired) electrons. The minimum absolute atomic E-state index is 0.0680. The van der Waals surface area contributed by atoms with Crippen LogP contribution in [0.5, 0.6) is 0 Å². The van der Waals surface area contributed by atoms with E-state index in [1.165, 1.54) is 27.2 Å². The Morgan fingerprint density at radius 2 is 1.52 bits per heavy atom. The van der Waals surface area contributed by atoms with E-state index in [0.717, 1.165) is 16.5 Å². The van der Waals surface area contributed by atoms with Crippen LogP contribution < -0.4 is 4.90 Å². The molecule has 4 heteroatoms. The molecule has 2 bridgehead atoms. The molecule has 154 valence electrons. The van der Waals surface area contributed by atoms with E-state index in [9.17, 15) is 9.59 Å². The standard InChI is InChI=1S/C27H22BrNO2/c1-3-27-19-10-6-4-8-17(19)22(18-9-5-7-11-20(18)27)23-24(27)26(31)29(25(23)30)16-13-12-15(2)21(28)14-16/h4-14,22-24H,3H2,1-2H3/t22?,23-,24+,27?/m1/s1. The average Bonchev–Trinajstić information content (AvgIpc) is 3.07. The number of hydrogen-bond donors (Lipinski definition) is 0. The molecule has 3 aromatic rings. The number of carbonyl (C=O) groups is 2. The van der Waals surface area contributed by atoms with Crippen molar-refractivity contribution in [1.29, 1.82) is 0 Å². The van der Waals surface area contributed by atoms with Gasteiger partial charge >= 0.3 is 0 Å². The maximum Gasteiger partial charge on any atom is 0.238 e. The molecule has 1 heterocycles. The van der Waals surface area contributed by atoms with Crippen molar-refractivity contribution in [2.45, 2.75) is 31.6 Å². The second-order valence-electron chi connectivity index (χ2n) is 8.93. The zero-order valence-electron chi connectivity index (χ0n) is 17.4. The van der Waals surface area contributed by atoms with Crippen molar-refractivity contribution in [1.82, 2.24) is 0 Å². The van der Waals surface area contributed by atoms with Crippen LogP contribution in [0.25, 0.3) is 0 Å². The van der Waals surface area contributed by atoms with E-state index in [4.69, 9.17) is 0 Å². The molecule has 3 aliphatic carbocycles. The summed E-state index contributed by atoms with van der Waals surface area (Å²) in [5.41, 5.74) is 6.10. The molecule has 1 fully saturated rings.